The molecule has 0 spiro atoms. The first-order valence-corrected chi connectivity index (χ1v) is 7.60. The maximum Gasteiger partial charge on any atom is 0.228 e. The van der Waals surface area contributed by atoms with Gasteiger partial charge in [0.15, 0.2) is 5.82 Å². The second-order valence-electron chi connectivity index (χ2n) is 5.09. The maximum atomic E-state index is 12.3. The number of rotatable bonds is 3. The van der Waals surface area contributed by atoms with Crippen molar-refractivity contribution in [1.29, 1.82) is 5.26 Å². The summed E-state index contributed by atoms with van der Waals surface area (Å²) in [6, 6.07) is 9.67. The minimum absolute atomic E-state index is 0.0136. The van der Waals surface area contributed by atoms with Crippen molar-refractivity contribution in [3.05, 3.63) is 53.2 Å². The Labute approximate surface area is 136 Å². The second-order valence-corrected chi connectivity index (χ2v) is 6.00. The van der Waals surface area contributed by atoms with Crippen molar-refractivity contribution in [2.45, 2.75) is 6.42 Å². The Bertz CT molecular complexity index is 772. The molecule has 5 nitrogen and oxygen atoms in total. The Balaban J connectivity index is 2.09. The van der Waals surface area contributed by atoms with E-state index in [1.165, 1.54) is 6.20 Å². The van der Waals surface area contributed by atoms with Crippen molar-refractivity contribution in [3.63, 3.8) is 0 Å². The summed E-state index contributed by atoms with van der Waals surface area (Å²) in [5.74, 6) is 0.617. The fourth-order valence-electron chi connectivity index (χ4n) is 2.55. The van der Waals surface area contributed by atoms with E-state index in [0.29, 0.717) is 24.3 Å². The van der Waals surface area contributed by atoms with E-state index < -0.39 is 0 Å². The molecule has 0 saturated carbocycles. The van der Waals surface area contributed by atoms with Crippen LogP contribution in [0, 0.1) is 17.2 Å². The molecule has 1 aromatic carbocycles. The smallest absolute Gasteiger partial charge is 0.228 e. The van der Waals surface area contributed by atoms with Crippen molar-refractivity contribution < 1.29 is 4.79 Å². The number of benzene rings is 1. The predicted octanol–water partition coefficient (Wildman–Crippen LogP) is 3.05. The van der Waals surface area contributed by atoms with E-state index in [-0.39, 0.29) is 11.8 Å². The van der Waals surface area contributed by atoms with Crippen molar-refractivity contribution >= 4 is 27.7 Å². The molecule has 0 radical (unpaired) electrons. The Morgan fingerprint density at radius 2 is 2.14 bits per heavy atom. The number of hydrogen-bond donors (Lipinski definition) is 0. The van der Waals surface area contributed by atoms with Crippen LogP contribution >= 0.6 is 15.9 Å². The maximum absolute atomic E-state index is 12.3. The molecular weight excluding hydrogens is 344 g/mol. The molecule has 1 fully saturated rings. The van der Waals surface area contributed by atoms with Crippen LogP contribution in [0.4, 0.5) is 5.82 Å². The minimum atomic E-state index is -0.0136. The molecule has 1 unspecified atom stereocenters. The molecule has 3 rings (SSSR count). The SMILES string of the molecule is C=CC1CC(=O)N(c2c(C#N)cnn2-c2ccc(Br)cc2)C1. The van der Waals surface area contributed by atoms with E-state index in [0.717, 1.165) is 10.2 Å². The van der Waals surface area contributed by atoms with E-state index in [1.807, 2.05) is 24.3 Å². The molecule has 1 saturated heterocycles. The van der Waals surface area contributed by atoms with Crippen LogP contribution in [-0.2, 0) is 4.79 Å². The average molecular weight is 357 g/mol. The molecule has 1 aromatic heterocycles. The van der Waals surface area contributed by atoms with Gasteiger partial charge in [-0.15, -0.1) is 6.58 Å². The van der Waals surface area contributed by atoms with Crippen LogP contribution in [0.15, 0.2) is 47.6 Å². The van der Waals surface area contributed by atoms with Gasteiger partial charge in [-0.25, -0.2) is 4.68 Å². The largest absolute Gasteiger partial charge is 0.295 e. The molecule has 1 aliphatic rings. The first kappa shape index (κ1) is 14.5. The van der Waals surface area contributed by atoms with Crippen molar-refractivity contribution in [2.24, 2.45) is 5.92 Å². The standard InChI is InChI=1S/C16H13BrN4O/c1-2-11-7-15(22)20(10-11)16-12(8-18)9-19-21(16)14-5-3-13(17)4-6-14/h2-6,9,11H,1,7,10H2. The van der Waals surface area contributed by atoms with E-state index in [4.69, 9.17) is 0 Å². The lowest BCUT2D eigenvalue weighted by molar-refractivity contribution is -0.117. The number of halogens is 1. The molecular formula is C16H13BrN4O. The summed E-state index contributed by atoms with van der Waals surface area (Å²) in [5, 5.41) is 13.6. The summed E-state index contributed by atoms with van der Waals surface area (Å²) in [4.78, 5) is 13.9. The summed E-state index contributed by atoms with van der Waals surface area (Å²) < 4.78 is 2.59. The Morgan fingerprint density at radius 3 is 2.73 bits per heavy atom. The lowest BCUT2D eigenvalue weighted by Gasteiger charge is -2.18. The van der Waals surface area contributed by atoms with Crippen molar-refractivity contribution in [1.82, 2.24) is 9.78 Å². The van der Waals surface area contributed by atoms with Gasteiger partial charge in [0.1, 0.15) is 11.6 Å². The number of amides is 1. The van der Waals surface area contributed by atoms with Crippen LogP contribution in [0.2, 0.25) is 0 Å². The topological polar surface area (TPSA) is 61.9 Å². The average Bonchev–Trinajstić information content (AvgIpc) is 3.10. The highest BCUT2D eigenvalue weighted by atomic mass is 79.9. The molecule has 6 heteroatoms. The number of hydrogen-bond acceptors (Lipinski definition) is 3. The van der Waals surface area contributed by atoms with Crippen LogP contribution in [0.5, 0.6) is 0 Å². The van der Waals surface area contributed by atoms with Crippen molar-refractivity contribution in [2.75, 3.05) is 11.4 Å². The lowest BCUT2D eigenvalue weighted by Crippen LogP contribution is -2.27. The molecule has 1 aliphatic heterocycles. The van der Waals surface area contributed by atoms with Crippen LogP contribution in [0.1, 0.15) is 12.0 Å². The van der Waals surface area contributed by atoms with Crippen molar-refractivity contribution in [3.8, 4) is 11.8 Å². The van der Waals surface area contributed by atoms with E-state index in [9.17, 15) is 10.1 Å². The van der Waals surface area contributed by atoms with E-state index in [1.54, 1.807) is 15.7 Å². The number of nitrogens with zero attached hydrogens (tertiary/aromatic N) is 4. The molecule has 0 bridgehead atoms. The Hall–Kier alpha value is -2.39. The summed E-state index contributed by atoms with van der Waals surface area (Å²) in [6.45, 7) is 4.28. The van der Waals surface area contributed by atoms with Gasteiger partial charge in [0.2, 0.25) is 5.91 Å². The van der Waals surface area contributed by atoms with Gasteiger partial charge in [-0.05, 0) is 24.3 Å². The third-order valence-electron chi connectivity index (χ3n) is 3.68. The van der Waals surface area contributed by atoms with Gasteiger partial charge in [0, 0.05) is 23.4 Å². The van der Waals surface area contributed by atoms with Crippen LogP contribution < -0.4 is 4.90 Å². The number of carbonyl (C=O) groups excluding carboxylic acids is 1. The third kappa shape index (κ3) is 2.44. The predicted molar refractivity (Wildman–Crippen MR) is 86.6 cm³/mol. The van der Waals surface area contributed by atoms with Gasteiger partial charge >= 0.3 is 0 Å². The molecule has 110 valence electrons. The molecule has 22 heavy (non-hydrogen) atoms. The van der Waals surface area contributed by atoms with E-state index >= 15 is 0 Å². The number of nitriles is 1. The van der Waals surface area contributed by atoms with E-state index in [2.05, 4.69) is 33.7 Å². The minimum Gasteiger partial charge on any atom is -0.295 e. The van der Waals surface area contributed by atoms with Crippen LogP contribution in [-0.4, -0.2) is 22.2 Å². The molecule has 1 amide bonds. The summed E-state index contributed by atoms with van der Waals surface area (Å²) in [6.07, 6.45) is 3.69. The summed E-state index contributed by atoms with van der Waals surface area (Å²) >= 11 is 3.39. The third-order valence-corrected chi connectivity index (χ3v) is 4.21. The number of anilines is 1. The second kappa shape index (κ2) is 5.78. The molecule has 0 N–H and O–H groups in total. The fraction of sp³-hybridized carbons (Fsp3) is 0.188. The molecule has 1 atom stereocenters. The zero-order valence-corrected chi connectivity index (χ0v) is 13.3. The van der Waals surface area contributed by atoms with Gasteiger partial charge < -0.3 is 0 Å². The monoisotopic (exact) mass is 356 g/mol. The number of carbonyl (C=O) groups is 1. The summed E-state index contributed by atoms with van der Waals surface area (Å²) in [7, 11) is 0. The van der Waals surface area contributed by atoms with Gasteiger partial charge in [-0.2, -0.15) is 10.4 Å². The zero-order valence-electron chi connectivity index (χ0n) is 11.7. The highest BCUT2D eigenvalue weighted by Crippen LogP contribution is 2.30. The number of aromatic nitrogens is 2. The first-order chi connectivity index (χ1) is 10.6. The highest BCUT2D eigenvalue weighted by molar-refractivity contribution is 9.10. The van der Waals surface area contributed by atoms with Gasteiger partial charge in [0.05, 0.1) is 11.9 Å². The highest BCUT2D eigenvalue weighted by Gasteiger charge is 2.33. The molecule has 2 heterocycles. The quantitative estimate of drug-likeness (QED) is 0.794. The summed E-state index contributed by atoms with van der Waals surface area (Å²) in [5.41, 5.74) is 1.19. The molecule has 0 aliphatic carbocycles. The normalized spacial score (nSPS) is 17.5. The van der Waals surface area contributed by atoms with Gasteiger partial charge in [0.25, 0.3) is 0 Å². The molecule has 2 aromatic rings. The van der Waals surface area contributed by atoms with Crippen LogP contribution in [0.25, 0.3) is 5.69 Å². The van der Waals surface area contributed by atoms with Gasteiger partial charge in [-0.1, -0.05) is 22.0 Å². The first-order valence-electron chi connectivity index (χ1n) is 6.81. The zero-order chi connectivity index (χ0) is 15.7. The fourth-order valence-corrected chi connectivity index (χ4v) is 2.81. The Morgan fingerprint density at radius 1 is 1.41 bits per heavy atom. The van der Waals surface area contributed by atoms with Crippen LogP contribution in [0.3, 0.4) is 0 Å². The van der Waals surface area contributed by atoms with Gasteiger partial charge in [-0.3, -0.25) is 9.69 Å². The Kier molecular flexibility index (Phi) is 3.82. The lowest BCUT2D eigenvalue weighted by atomic mass is 10.1.